The van der Waals surface area contributed by atoms with Crippen LogP contribution in [-0.2, 0) is 4.79 Å². The van der Waals surface area contributed by atoms with E-state index in [1.54, 1.807) is 29.2 Å². The topological polar surface area (TPSA) is 81.4 Å². The zero-order chi connectivity index (χ0) is 22.4. The summed E-state index contributed by atoms with van der Waals surface area (Å²) in [5, 5.41) is 12.0. The van der Waals surface area contributed by atoms with Crippen LogP contribution >= 0.6 is 11.3 Å². The van der Waals surface area contributed by atoms with E-state index in [4.69, 9.17) is 9.72 Å². The van der Waals surface area contributed by atoms with Gasteiger partial charge in [0.2, 0.25) is 0 Å². The van der Waals surface area contributed by atoms with Crippen molar-refractivity contribution in [3.63, 3.8) is 0 Å². The molecule has 32 heavy (non-hydrogen) atoms. The Balaban J connectivity index is 1.56. The molecule has 164 valence electrons. The van der Waals surface area contributed by atoms with Crippen molar-refractivity contribution in [3.8, 4) is 11.4 Å². The van der Waals surface area contributed by atoms with Crippen LogP contribution < -0.4 is 10.3 Å². The Kier molecular flexibility index (Phi) is 5.21. The molecule has 0 unspecified atom stereocenters. The molecule has 5 rings (SSSR count). The van der Waals surface area contributed by atoms with E-state index in [-0.39, 0.29) is 23.3 Å². The highest BCUT2D eigenvalue weighted by Crippen LogP contribution is 2.42. The van der Waals surface area contributed by atoms with E-state index in [1.165, 1.54) is 0 Å². The van der Waals surface area contributed by atoms with Crippen molar-refractivity contribution in [1.82, 2.24) is 9.55 Å². The molecule has 6 nitrogen and oxygen atoms in total. The number of hydrogen-bond acceptors (Lipinski definition) is 5. The molecule has 1 aliphatic carbocycles. The van der Waals surface area contributed by atoms with Gasteiger partial charge in [-0.15, -0.1) is 11.3 Å². The molecular formula is C25H24N2O4S. The largest absolute Gasteiger partial charge is 0.494 e. The number of rotatable bonds is 4. The van der Waals surface area contributed by atoms with E-state index in [1.807, 2.05) is 49.4 Å². The van der Waals surface area contributed by atoms with Crippen molar-refractivity contribution in [2.75, 3.05) is 7.11 Å². The lowest BCUT2D eigenvalue weighted by Gasteiger charge is -2.30. The van der Waals surface area contributed by atoms with Crippen LogP contribution in [0.1, 0.15) is 37.1 Å². The number of hydrogen-bond donors (Lipinski definition) is 1. The summed E-state index contributed by atoms with van der Waals surface area (Å²) in [5.41, 5.74) is 1.44. The minimum absolute atomic E-state index is 0.0914. The van der Waals surface area contributed by atoms with Crippen LogP contribution in [0, 0.1) is 11.8 Å². The lowest BCUT2D eigenvalue weighted by molar-refractivity contribution is -0.144. The number of ether oxygens (including phenoxy) is 1. The average molecular weight is 449 g/mol. The van der Waals surface area contributed by atoms with Crippen molar-refractivity contribution < 1.29 is 14.6 Å². The van der Waals surface area contributed by atoms with Crippen LogP contribution in [0.5, 0.6) is 5.75 Å². The summed E-state index contributed by atoms with van der Waals surface area (Å²) in [6.45, 7) is 2.02. The van der Waals surface area contributed by atoms with Gasteiger partial charge < -0.3 is 9.84 Å². The van der Waals surface area contributed by atoms with Gasteiger partial charge in [0.15, 0.2) is 0 Å². The highest BCUT2D eigenvalue weighted by molar-refractivity contribution is 7.18. The standard InChI is InChI=1S/C25H24N2O4S/c1-14-11-16(7-8-17(14)25(29)30)23-26-19-12-21(31-2)20(13-22(19)32-23)27-10-9-15-5-3-4-6-18(15)24(27)28/h3-6,9-10,12-14,16-17H,7-8,11H2,1-2H3,(H,29,30)/t14-,16-,17-/m1/s1. The summed E-state index contributed by atoms with van der Waals surface area (Å²) in [6.07, 6.45) is 4.11. The molecule has 0 spiro atoms. The van der Waals surface area contributed by atoms with Gasteiger partial charge >= 0.3 is 5.97 Å². The zero-order valence-corrected chi connectivity index (χ0v) is 18.8. The number of nitrogens with zero attached hydrogens (tertiary/aromatic N) is 2. The summed E-state index contributed by atoms with van der Waals surface area (Å²) in [6, 6.07) is 13.3. The van der Waals surface area contributed by atoms with E-state index in [0.717, 1.165) is 33.5 Å². The number of pyridine rings is 1. The molecule has 7 heteroatoms. The fourth-order valence-corrected chi connectivity index (χ4v) is 5.98. The van der Waals surface area contributed by atoms with E-state index >= 15 is 0 Å². The molecule has 1 saturated carbocycles. The smallest absolute Gasteiger partial charge is 0.306 e. The van der Waals surface area contributed by atoms with Crippen molar-refractivity contribution >= 4 is 38.3 Å². The number of benzene rings is 2. The summed E-state index contributed by atoms with van der Waals surface area (Å²) >= 11 is 1.62. The molecule has 1 fully saturated rings. The van der Waals surface area contributed by atoms with Crippen molar-refractivity contribution in [2.45, 2.75) is 32.1 Å². The third kappa shape index (κ3) is 3.46. The number of carboxylic acids is 1. The van der Waals surface area contributed by atoms with E-state index in [0.29, 0.717) is 23.2 Å². The van der Waals surface area contributed by atoms with E-state index in [2.05, 4.69) is 0 Å². The first-order valence-electron chi connectivity index (χ1n) is 10.8. The second-order valence-corrected chi connectivity index (χ2v) is 9.62. The van der Waals surface area contributed by atoms with Crippen molar-refractivity contribution in [2.24, 2.45) is 11.8 Å². The Morgan fingerprint density at radius 1 is 1.22 bits per heavy atom. The Labute approximate surface area is 189 Å². The molecule has 1 N–H and O–H groups in total. The maximum absolute atomic E-state index is 13.2. The molecule has 0 amide bonds. The number of aliphatic carboxylic acids is 1. The number of fused-ring (bicyclic) bond motifs is 2. The number of carboxylic acid groups (broad SMARTS) is 1. The van der Waals surface area contributed by atoms with E-state index in [9.17, 15) is 14.7 Å². The quantitative estimate of drug-likeness (QED) is 0.463. The predicted molar refractivity (Wildman–Crippen MR) is 126 cm³/mol. The number of carbonyl (C=O) groups is 1. The zero-order valence-electron chi connectivity index (χ0n) is 17.9. The van der Waals surface area contributed by atoms with Gasteiger partial charge in [0.1, 0.15) is 5.75 Å². The van der Waals surface area contributed by atoms with Gasteiger partial charge in [0.25, 0.3) is 5.56 Å². The third-order valence-electron chi connectivity index (χ3n) is 6.61. The van der Waals surface area contributed by atoms with Crippen LogP contribution in [-0.4, -0.2) is 27.7 Å². The first kappa shape index (κ1) is 20.7. The second kappa shape index (κ2) is 8.06. The summed E-state index contributed by atoms with van der Waals surface area (Å²) < 4.78 is 8.24. The van der Waals surface area contributed by atoms with Crippen LogP contribution in [0.4, 0.5) is 0 Å². The minimum Gasteiger partial charge on any atom is -0.494 e. The molecule has 0 saturated heterocycles. The van der Waals surface area contributed by atoms with Gasteiger partial charge in [-0.2, -0.15) is 0 Å². The molecular weight excluding hydrogens is 424 g/mol. The van der Waals surface area contributed by atoms with Crippen LogP contribution in [0.2, 0.25) is 0 Å². The van der Waals surface area contributed by atoms with E-state index < -0.39 is 5.97 Å². The fourth-order valence-electron chi connectivity index (χ4n) is 4.85. The average Bonchev–Trinajstić information content (AvgIpc) is 3.21. The summed E-state index contributed by atoms with van der Waals surface area (Å²) in [5.74, 6) is 0.00705. The predicted octanol–water partition coefficient (Wildman–Crippen LogP) is 5.21. The molecule has 1 aliphatic rings. The molecule has 2 heterocycles. The Morgan fingerprint density at radius 2 is 2.03 bits per heavy atom. The van der Waals surface area contributed by atoms with Gasteiger partial charge in [-0.25, -0.2) is 4.98 Å². The van der Waals surface area contributed by atoms with Crippen molar-refractivity contribution in [3.05, 3.63) is 64.0 Å². The molecule has 0 bridgehead atoms. The highest BCUT2D eigenvalue weighted by Gasteiger charge is 2.34. The minimum atomic E-state index is -0.699. The summed E-state index contributed by atoms with van der Waals surface area (Å²) in [4.78, 5) is 29.5. The molecule has 3 atom stereocenters. The molecule has 0 radical (unpaired) electrons. The SMILES string of the molecule is COc1cc2nc([C@@H]3CC[C@@H](C(=O)O)[C@H](C)C3)sc2cc1-n1ccc2ccccc2c1=O. The second-order valence-electron chi connectivity index (χ2n) is 8.55. The van der Waals surface area contributed by atoms with Gasteiger partial charge in [0.05, 0.1) is 33.9 Å². The molecule has 0 aliphatic heterocycles. The molecule has 2 aromatic carbocycles. The van der Waals surface area contributed by atoms with Gasteiger partial charge in [-0.1, -0.05) is 25.1 Å². The lowest BCUT2D eigenvalue weighted by Crippen LogP contribution is -2.28. The fraction of sp³-hybridized carbons (Fsp3) is 0.320. The molecule has 4 aromatic rings. The Hall–Kier alpha value is -3.19. The highest BCUT2D eigenvalue weighted by atomic mass is 32.1. The van der Waals surface area contributed by atoms with Gasteiger partial charge in [0, 0.05) is 23.6 Å². The summed E-state index contributed by atoms with van der Waals surface area (Å²) in [7, 11) is 1.60. The van der Waals surface area contributed by atoms with Gasteiger partial charge in [-0.3, -0.25) is 14.2 Å². The van der Waals surface area contributed by atoms with Crippen LogP contribution in [0.3, 0.4) is 0 Å². The van der Waals surface area contributed by atoms with Crippen LogP contribution in [0.25, 0.3) is 26.7 Å². The first-order chi connectivity index (χ1) is 15.5. The normalized spacial score (nSPS) is 21.1. The first-order valence-corrected chi connectivity index (χ1v) is 11.6. The van der Waals surface area contributed by atoms with Crippen LogP contribution in [0.15, 0.2) is 53.5 Å². The Morgan fingerprint density at radius 3 is 2.78 bits per heavy atom. The van der Waals surface area contributed by atoms with Crippen molar-refractivity contribution in [1.29, 1.82) is 0 Å². The maximum Gasteiger partial charge on any atom is 0.306 e. The third-order valence-corrected chi connectivity index (χ3v) is 7.79. The maximum atomic E-state index is 13.2. The number of methoxy groups -OCH3 is 1. The lowest BCUT2D eigenvalue weighted by atomic mass is 9.75. The Bertz CT molecular complexity index is 1390. The van der Waals surface area contributed by atoms with Gasteiger partial charge in [-0.05, 0) is 48.8 Å². The number of aromatic nitrogens is 2. The monoisotopic (exact) mass is 448 g/mol. The number of thiazole rings is 1. The molecule has 2 aromatic heterocycles.